The van der Waals surface area contributed by atoms with Crippen molar-refractivity contribution in [2.24, 2.45) is 0 Å². The molecule has 0 spiro atoms. The maximum absolute atomic E-state index is 2.51. The monoisotopic (exact) mass is 392 g/mol. The second-order valence-electron chi connectivity index (χ2n) is 8.80. The van der Waals surface area contributed by atoms with Gasteiger partial charge < -0.3 is 0 Å². The van der Waals surface area contributed by atoms with E-state index in [1.165, 1.54) is 88.2 Å². The largest absolute Gasteiger partial charge is 0.0654 e. The number of hydrogen-bond donors (Lipinski definition) is 0. The van der Waals surface area contributed by atoms with Crippen LogP contribution in [0.1, 0.15) is 112 Å². The molecule has 0 N–H and O–H groups in total. The fourth-order valence-electron chi connectivity index (χ4n) is 4.24. The number of rotatable bonds is 14. The lowest BCUT2D eigenvalue weighted by molar-refractivity contribution is 0.755. The highest BCUT2D eigenvalue weighted by molar-refractivity contribution is 5.38. The minimum atomic E-state index is 1.07. The van der Waals surface area contributed by atoms with Gasteiger partial charge >= 0.3 is 0 Å². The number of hydrogen-bond acceptors (Lipinski definition) is 0. The standard InChI is InChI=1S/C29H44/c1-5-9-13-26-19-17-24(22-28(26)15-11-7-3)21-25-18-20-27(14-10-6-2)29(23-25)16-12-8-4/h17-20,22-23H,5-16,21H2,1-4H3. The van der Waals surface area contributed by atoms with Crippen LogP contribution in [0.5, 0.6) is 0 Å². The van der Waals surface area contributed by atoms with Gasteiger partial charge in [0.15, 0.2) is 0 Å². The molecule has 0 unspecified atom stereocenters. The van der Waals surface area contributed by atoms with E-state index in [4.69, 9.17) is 0 Å². The van der Waals surface area contributed by atoms with Gasteiger partial charge in [0.25, 0.3) is 0 Å². The average Bonchev–Trinajstić information content (AvgIpc) is 2.74. The Morgan fingerprint density at radius 3 is 1.14 bits per heavy atom. The summed E-state index contributed by atoms with van der Waals surface area (Å²) in [5.74, 6) is 0. The summed E-state index contributed by atoms with van der Waals surface area (Å²) in [4.78, 5) is 0. The van der Waals surface area contributed by atoms with Crippen LogP contribution in [0.2, 0.25) is 0 Å². The van der Waals surface area contributed by atoms with E-state index in [1.807, 2.05) is 0 Å². The minimum Gasteiger partial charge on any atom is -0.0654 e. The molecule has 0 aromatic heterocycles. The van der Waals surface area contributed by atoms with Crippen LogP contribution in [-0.4, -0.2) is 0 Å². The van der Waals surface area contributed by atoms with Gasteiger partial charge in [0, 0.05) is 0 Å². The van der Waals surface area contributed by atoms with E-state index in [0.717, 1.165) is 6.42 Å². The van der Waals surface area contributed by atoms with E-state index in [9.17, 15) is 0 Å². The molecule has 0 heterocycles. The first-order valence-electron chi connectivity index (χ1n) is 12.4. The van der Waals surface area contributed by atoms with Gasteiger partial charge in [-0.1, -0.05) is 89.8 Å². The van der Waals surface area contributed by atoms with E-state index in [-0.39, 0.29) is 0 Å². The molecule has 160 valence electrons. The first-order valence-corrected chi connectivity index (χ1v) is 12.4. The summed E-state index contributed by atoms with van der Waals surface area (Å²) in [6, 6.07) is 14.6. The van der Waals surface area contributed by atoms with Crippen LogP contribution in [-0.2, 0) is 32.1 Å². The molecule has 0 aliphatic carbocycles. The van der Waals surface area contributed by atoms with Crippen molar-refractivity contribution in [3.05, 3.63) is 69.8 Å². The maximum atomic E-state index is 2.51. The van der Waals surface area contributed by atoms with Crippen molar-refractivity contribution in [2.45, 2.75) is 111 Å². The summed E-state index contributed by atoms with van der Waals surface area (Å²) >= 11 is 0. The van der Waals surface area contributed by atoms with Gasteiger partial charge in [0.05, 0.1) is 0 Å². The zero-order chi connectivity index (χ0) is 20.9. The lowest BCUT2D eigenvalue weighted by Gasteiger charge is -2.14. The Labute approximate surface area is 181 Å². The summed E-state index contributed by atoms with van der Waals surface area (Å²) in [5.41, 5.74) is 9.34. The maximum Gasteiger partial charge on any atom is -0.00256 e. The zero-order valence-electron chi connectivity index (χ0n) is 19.7. The lowest BCUT2D eigenvalue weighted by atomic mass is 9.91. The van der Waals surface area contributed by atoms with Crippen molar-refractivity contribution in [1.29, 1.82) is 0 Å². The Bertz CT molecular complexity index is 648. The number of unbranched alkanes of at least 4 members (excludes halogenated alkanes) is 4. The Kier molecular flexibility index (Phi) is 11.1. The normalized spacial score (nSPS) is 11.2. The molecule has 0 amide bonds. The highest BCUT2D eigenvalue weighted by Crippen LogP contribution is 2.22. The van der Waals surface area contributed by atoms with E-state index >= 15 is 0 Å². The quantitative estimate of drug-likeness (QED) is 0.302. The van der Waals surface area contributed by atoms with Gasteiger partial charge in [-0.3, -0.25) is 0 Å². The third-order valence-electron chi connectivity index (χ3n) is 6.15. The highest BCUT2D eigenvalue weighted by Gasteiger charge is 2.08. The molecule has 0 nitrogen and oxygen atoms in total. The summed E-state index contributed by atoms with van der Waals surface area (Å²) in [5, 5.41) is 0. The first kappa shape index (κ1) is 23.7. The molecule has 0 saturated heterocycles. The summed E-state index contributed by atoms with van der Waals surface area (Å²) in [7, 11) is 0. The number of aryl methyl sites for hydroxylation is 4. The Morgan fingerprint density at radius 2 is 0.793 bits per heavy atom. The summed E-state index contributed by atoms with van der Waals surface area (Å²) in [6.07, 6.45) is 16.3. The van der Waals surface area contributed by atoms with E-state index < -0.39 is 0 Å². The third-order valence-corrected chi connectivity index (χ3v) is 6.15. The molecule has 0 bridgehead atoms. The predicted molar refractivity (Wildman–Crippen MR) is 130 cm³/mol. The Hall–Kier alpha value is -1.56. The first-order chi connectivity index (χ1) is 14.2. The van der Waals surface area contributed by atoms with Gasteiger partial charge in [0.1, 0.15) is 0 Å². The SMILES string of the molecule is CCCCc1ccc(Cc2ccc(CCCC)c(CCCC)c2)cc1CCCC. The van der Waals surface area contributed by atoms with Gasteiger partial charge in [-0.15, -0.1) is 0 Å². The van der Waals surface area contributed by atoms with Crippen LogP contribution in [0.4, 0.5) is 0 Å². The summed E-state index contributed by atoms with van der Waals surface area (Å²) < 4.78 is 0. The molecule has 2 aromatic carbocycles. The molecule has 0 fully saturated rings. The van der Waals surface area contributed by atoms with Crippen molar-refractivity contribution < 1.29 is 0 Å². The third kappa shape index (κ3) is 8.00. The van der Waals surface area contributed by atoms with Crippen LogP contribution in [0.25, 0.3) is 0 Å². The van der Waals surface area contributed by atoms with Crippen LogP contribution >= 0.6 is 0 Å². The van der Waals surface area contributed by atoms with E-state index in [0.29, 0.717) is 0 Å². The molecule has 0 heteroatoms. The second-order valence-corrected chi connectivity index (χ2v) is 8.80. The van der Waals surface area contributed by atoms with Gasteiger partial charge in [-0.05, 0) is 91.2 Å². The molecule has 0 saturated carbocycles. The van der Waals surface area contributed by atoms with Gasteiger partial charge in [-0.2, -0.15) is 0 Å². The molecular formula is C29H44. The van der Waals surface area contributed by atoms with E-state index in [2.05, 4.69) is 64.1 Å². The topological polar surface area (TPSA) is 0 Å². The molecular weight excluding hydrogens is 348 g/mol. The summed E-state index contributed by atoms with van der Waals surface area (Å²) in [6.45, 7) is 9.18. The van der Waals surface area contributed by atoms with E-state index in [1.54, 1.807) is 22.3 Å². The molecule has 0 radical (unpaired) electrons. The lowest BCUT2D eigenvalue weighted by Crippen LogP contribution is -2.00. The fraction of sp³-hybridized carbons (Fsp3) is 0.586. The molecule has 0 atom stereocenters. The average molecular weight is 393 g/mol. The smallest absolute Gasteiger partial charge is 0.00256 e. The Morgan fingerprint density at radius 1 is 0.448 bits per heavy atom. The van der Waals surface area contributed by atoms with Crippen molar-refractivity contribution >= 4 is 0 Å². The molecule has 0 aliphatic heterocycles. The van der Waals surface area contributed by atoms with Crippen LogP contribution in [0, 0.1) is 0 Å². The zero-order valence-corrected chi connectivity index (χ0v) is 19.7. The van der Waals surface area contributed by atoms with Crippen LogP contribution in [0.15, 0.2) is 36.4 Å². The molecule has 2 rings (SSSR count). The van der Waals surface area contributed by atoms with Crippen molar-refractivity contribution in [1.82, 2.24) is 0 Å². The van der Waals surface area contributed by atoms with Crippen molar-refractivity contribution in [3.63, 3.8) is 0 Å². The molecule has 0 aliphatic rings. The van der Waals surface area contributed by atoms with Crippen molar-refractivity contribution in [2.75, 3.05) is 0 Å². The Balaban J connectivity index is 2.20. The molecule has 29 heavy (non-hydrogen) atoms. The number of benzene rings is 2. The van der Waals surface area contributed by atoms with Crippen LogP contribution < -0.4 is 0 Å². The molecule has 2 aromatic rings. The second kappa shape index (κ2) is 13.6. The minimum absolute atomic E-state index is 1.07. The highest BCUT2D eigenvalue weighted by atomic mass is 14.1. The fourth-order valence-corrected chi connectivity index (χ4v) is 4.24. The van der Waals surface area contributed by atoms with Crippen molar-refractivity contribution in [3.8, 4) is 0 Å². The van der Waals surface area contributed by atoms with Crippen LogP contribution in [0.3, 0.4) is 0 Å². The predicted octanol–water partition coefficient (Wildman–Crippen LogP) is 8.65. The van der Waals surface area contributed by atoms with Gasteiger partial charge in [0.2, 0.25) is 0 Å². The van der Waals surface area contributed by atoms with Gasteiger partial charge in [-0.25, -0.2) is 0 Å².